The van der Waals surface area contributed by atoms with E-state index in [9.17, 15) is 0 Å². The highest BCUT2D eigenvalue weighted by molar-refractivity contribution is 7.80. The summed E-state index contributed by atoms with van der Waals surface area (Å²) < 4.78 is 0. The zero-order chi connectivity index (χ0) is 10.3. The summed E-state index contributed by atoms with van der Waals surface area (Å²) >= 11 is 5.12. The highest BCUT2D eigenvalue weighted by atomic mass is 32.1. The van der Waals surface area contributed by atoms with Crippen LogP contribution in [0, 0.1) is 5.92 Å². The summed E-state index contributed by atoms with van der Waals surface area (Å²) in [5.74, 6) is 0.743. The van der Waals surface area contributed by atoms with Crippen LogP contribution >= 0.6 is 12.2 Å². The Bertz CT molecular complexity index is 142. The minimum Gasteiger partial charge on any atom is -0.362 e. The highest BCUT2D eigenvalue weighted by Crippen LogP contribution is 2.04. The maximum atomic E-state index is 5.12. The number of thiocarbonyl (C=S) groups is 1. The largest absolute Gasteiger partial charge is 0.362 e. The van der Waals surface area contributed by atoms with Crippen molar-refractivity contribution >= 4 is 17.3 Å². The summed E-state index contributed by atoms with van der Waals surface area (Å²) in [5.41, 5.74) is 0. The number of hydrogen-bond acceptors (Lipinski definition) is 1. The van der Waals surface area contributed by atoms with E-state index in [4.69, 9.17) is 12.2 Å². The van der Waals surface area contributed by atoms with Crippen LogP contribution in [0.4, 0.5) is 0 Å². The Morgan fingerprint density at radius 3 is 2.15 bits per heavy atom. The Hall–Kier alpha value is -0.310. The molecule has 0 bridgehead atoms. The minimum atomic E-state index is 0.418. The second-order valence-corrected chi connectivity index (χ2v) is 4.10. The number of nitrogens with one attached hydrogen (secondary N) is 2. The summed E-state index contributed by atoms with van der Waals surface area (Å²) in [7, 11) is 0. The summed E-state index contributed by atoms with van der Waals surface area (Å²) in [6.45, 7) is 9.60. The monoisotopic (exact) mass is 202 g/mol. The summed E-state index contributed by atoms with van der Waals surface area (Å²) in [4.78, 5) is 0. The molecule has 0 amide bonds. The summed E-state index contributed by atoms with van der Waals surface area (Å²) in [6, 6.07) is 0.418. The van der Waals surface area contributed by atoms with Crippen molar-refractivity contribution in [3.63, 3.8) is 0 Å². The smallest absolute Gasteiger partial charge is 0.166 e. The normalized spacial score (nSPS) is 10.6. The van der Waals surface area contributed by atoms with Gasteiger partial charge in [0.15, 0.2) is 5.11 Å². The van der Waals surface area contributed by atoms with Crippen molar-refractivity contribution in [3.8, 4) is 0 Å². The quantitative estimate of drug-likeness (QED) is 0.669. The van der Waals surface area contributed by atoms with E-state index in [0.29, 0.717) is 6.04 Å². The lowest BCUT2D eigenvalue weighted by Crippen LogP contribution is -2.41. The van der Waals surface area contributed by atoms with Crippen molar-refractivity contribution in [2.24, 2.45) is 5.92 Å². The van der Waals surface area contributed by atoms with Crippen LogP contribution in [0.3, 0.4) is 0 Å². The molecule has 0 aromatic rings. The fourth-order valence-corrected chi connectivity index (χ4v) is 1.45. The number of hydrogen-bond donors (Lipinski definition) is 2. The zero-order valence-electron chi connectivity index (χ0n) is 9.18. The first-order valence-electron chi connectivity index (χ1n) is 5.14. The third-order valence-electron chi connectivity index (χ3n) is 2.13. The molecule has 0 saturated heterocycles. The molecule has 0 saturated carbocycles. The molecule has 2 N–H and O–H groups in total. The van der Waals surface area contributed by atoms with Crippen LogP contribution in [0.25, 0.3) is 0 Å². The van der Waals surface area contributed by atoms with Crippen LogP contribution in [0.1, 0.15) is 40.5 Å². The molecule has 0 aromatic heterocycles. The van der Waals surface area contributed by atoms with Crippen LogP contribution in [0.5, 0.6) is 0 Å². The predicted molar refractivity (Wildman–Crippen MR) is 62.9 cm³/mol. The molecule has 0 aliphatic heterocycles. The standard InChI is InChI=1S/C10H22N2S/c1-5-9(6-2)7-11-10(13)12-8(3)4/h8-9H,5-7H2,1-4H3,(H2,11,12,13). The van der Waals surface area contributed by atoms with Gasteiger partial charge in [-0.2, -0.15) is 0 Å². The van der Waals surface area contributed by atoms with Gasteiger partial charge < -0.3 is 10.6 Å². The van der Waals surface area contributed by atoms with Crippen molar-refractivity contribution in [2.75, 3.05) is 6.54 Å². The van der Waals surface area contributed by atoms with Crippen LogP contribution in [-0.4, -0.2) is 17.7 Å². The van der Waals surface area contributed by atoms with Crippen molar-refractivity contribution in [2.45, 2.75) is 46.6 Å². The van der Waals surface area contributed by atoms with E-state index in [0.717, 1.165) is 17.6 Å². The molecule has 0 fully saturated rings. The molecule has 2 nitrogen and oxygen atoms in total. The van der Waals surface area contributed by atoms with Gasteiger partial charge in [-0.05, 0) is 32.0 Å². The fourth-order valence-electron chi connectivity index (χ4n) is 1.13. The van der Waals surface area contributed by atoms with E-state index >= 15 is 0 Å². The van der Waals surface area contributed by atoms with Gasteiger partial charge in [0.2, 0.25) is 0 Å². The van der Waals surface area contributed by atoms with Gasteiger partial charge in [-0.15, -0.1) is 0 Å². The third kappa shape index (κ3) is 6.82. The first-order chi connectivity index (χ1) is 6.10. The lowest BCUT2D eigenvalue weighted by atomic mass is 10.0. The molecule has 0 atom stereocenters. The van der Waals surface area contributed by atoms with Gasteiger partial charge in [-0.3, -0.25) is 0 Å². The average molecular weight is 202 g/mol. The number of rotatable bonds is 5. The highest BCUT2D eigenvalue weighted by Gasteiger charge is 2.04. The second-order valence-electron chi connectivity index (χ2n) is 3.69. The molecule has 0 aromatic carbocycles. The van der Waals surface area contributed by atoms with E-state index in [1.807, 2.05) is 0 Å². The van der Waals surface area contributed by atoms with Gasteiger partial charge in [-0.25, -0.2) is 0 Å². The molecule has 78 valence electrons. The maximum Gasteiger partial charge on any atom is 0.166 e. The van der Waals surface area contributed by atoms with E-state index in [1.165, 1.54) is 12.8 Å². The molecule has 0 aliphatic carbocycles. The lowest BCUT2D eigenvalue weighted by molar-refractivity contribution is 0.482. The molecular weight excluding hydrogens is 180 g/mol. The third-order valence-corrected chi connectivity index (χ3v) is 2.39. The average Bonchev–Trinajstić information content (AvgIpc) is 2.05. The Labute approximate surface area is 87.5 Å². The zero-order valence-corrected chi connectivity index (χ0v) is 10.0. The molecule has 3 heteroatoms. The van der Waals surface area contributed by atoms with E-state index < -0.39 is 0 Å². The Morgan fingerprint density at radius 1 is 1.23 bits per heavy atom. The molecule has 0 aliphatic rings. The lowest BCUT2D eigenvalue weighted by Gasteiger charge is -2.17. The maximum absolute atomic E-state index is 5.12. The van der Waals surface area contributed by atoms with E-state index in [-0.39, 0.29) is 0 Å². The van der Waals surface area contributed by atoms with Crippen molar-refractivity contribution < 1.29 is 0 Å². The molecule has 0 radical (unpaired) electrons. The van der Waals surface area contributed by atoms with Crippen molar-refractivity contribution in [1.29, 1.82) is 0 Å². The van der Waals surface area contributed by atoms with Gasteiger partial charge >= 0.3 is 0 Å². The van der Waals surface area contributed by atoms with Gasteiger partial charge in [-0.1, -0.05) is 26.7 Å². The van der Waals surface area contributed by atoms with Crippen molar-refractivity contribution in [1.82, 2.24) is 10.6 Å². The van der Waals surface area contributed by atoms with E-state index in [1.54, 1.807) is 0 Å². The van der Waals surface area contributed by atoms with Gasteiger partial charge in [0, 0.05) is 12.6 Å². The van der Waals surface area contributed by atoms with Crippen LogP contribution in [0.2, 0.25) is 0 Å². The van der Waals surface area contributed by atoms with Crippen LogP contribution in [0.15, 0.2) is 0 Å². The van der Waals surface area contributed by atoms with Gasteiger partial charge in [0.25, 0.3) is 0 Å². The predicted octanol–water partition coefficient (Wildman–Crippen LogP) is 2.30. The van der Waals surface area contributed by atoms with Crippen LogP contribution < -0.4 is 10.6 Å². The van der Waals surface area contributed by atoms with Gasteiger partial charge in [0.05, 0.1) is 0 Å². The molecule has 0 unspecified atom stereocenters. The molecule has 0 heterocycles. The topological polar surface area (TPSA) is 24.1 Å². The Balaban J connectivity index is 3.56. The molecule has 0 rings (SSSR count). The molecule has 13 heavy (non-hydrogen) atoms. The summed E-state index contributed by atoms with van der Waals surface area (Å²) in [5, 5.41) is 7.18. The molecular formula is C10H22N2S. The first kappa shape index (κ1) is 12.7. The van der Waals surface area contributed by atoms with Gasteiger partial charge in [0.1, 0.15) is 0 Å². The van der Waals surface area contributed by atoms with E-state index in [2.05, 4.69) is 38.3 Å². The van der Waals surface area contributed by atoms with Crippen molar-refractivity contribution in [3.05, 3.63) is 0 Å². The second kappa shape index (κ2) is 7.13. The Kier molecular flexibility index (Phi) is 6.96. The van der Waals surface area contributed by atoms with Crippen LogP contribution in [-0.2, 0) is 0 Å². The Morgan fingerprint density at radius 2 is 1.77 bits per heavy atom. The SMILES string of the molecule is CCC(CC)CNC(=S)NC(C)C. The fraction of sp³-hybridized carbons (Fsp3) is 0.900. The first-order valence-corrected chi connectivity index (χ1v) is 5.55. The summed E-state index contributed by atoms with van der Waals surface area (Å²) in [6.07, 6.45) is 2.43. The molecule has 0 spiro atoms. The minimum absolute atomic E-state index is 0.418.